The second-order valence-electron chi connectivity index (χ2n) is 5.51. The molecule has 21 heavy (non-hydrogen) atoms. The van der Waals surface area contributed by atoms with E-state index in [9.17, 15) is 9.59 Å². The highest BCUT2D eigenvalue weighted by Crippen LogP contribution is 2.25. The zero-order valence-electron chi connectivity index (χ0n) is 12.6. The molecule has 0 bridgehead atoms. The average Bonchev–Trinajstić information content (AvgIpc) is 2.89. The highest BCUT2D eigenvalue weighted by Gasteiger charge is 2.27. The highest BCUT2D eigenvalue weighted by atomic mass is 16.4. The van der Waals surface area contributed by atoms with Crippen molar-refractivity contribution in [3.63, 3.8) is 0 Å². The number of benzene rings is 1. The lowest BCUT2D eigenvalue weighted by Crippen LogP contribution is -2.42. The molecule has 1 aliphatic rings. The quantitative estimate of drug-likeness (QED) is 0.786. The predicted molar refractivity (Wildman–Crippen MR) is 80.0 cm³/mol. The Kier molecular flexibility index (Phi) is 4.96. The Balaban J connectivity index is 1.98. The molecule has 0 fully saturated rings. The zero-order chi connectivity index (χ0) is 15.4. The molecule has 1 unspecified atom stereocenters. The van der Waals surface area contributed by atoms with Crippen molar-refractivity contribution in [2.24, 2.45) is 0 Å². The van der Waals surface area contributed by atoms with Crippen molar-refractivity contribution < 1.29 is 14.7 Å². The summed E-state index contributed by atoms with van der Waals surface area (Å²) >= 11 is 0. The molecule has 2 rings (SSSR count). The third kappa shape index (κ3) is 3.61. The van der Waals surface area contributed by atoms with Crippen LogP contribution in [0.1, 0.15) is 48.2 Å². The van der Waals surface area contributed by atoms with Gasteiger partial charge in [-0.1, -0.05) is 19.4 Å². The van der Waals surface area contributed by atoms with Crippen molar-refractivity contribution in [3.8, 4) is 0 Å². The van der Waals surface area contributed by atoms with Gasteiger partial charge >= 0.3 is 5.97 Å². The first kappa shape index (κ1) is 15.5. The number of nitrogens with one attached hydrogen (secondary N) is 1. The van der Waals surface area contributed by atoms with Gasteiger partial charge in [0.2, 0.25) is 5.91 Å². The van der Waals surface area contributed by atoms with Crippen LogP contribution in [-0.2, 0) is 17.9 Å². The fourth-order valence-corrected chi connectivity index (χ4v) is 2.53. The number of nitrogens with zero attached hydrogens (tertiary/aromatic N) is 1. The standard InChI is InChI=1S/C16H22N2O3/c1-3-4-7-17-15(19)11(2)18-9-13-6-5-12(16(20)21)8-14(13)10-18/h5-6,8,11H,3-4,7,9-10H2,1-2H3,(H,17,19)(H,20,21). The third-order valence-corrected chi connectivity index (χ3v) is 3.96. The van der Waals surface area contributed by atoms with Crippen LogP contribution < -0.4 is 5.32 Å². The number of carbonyl (C=O) groups is 2. The topological polar surface area (TPSA) is 69.6 Å². The normalized spacial score (nSPS) is 15.5. The molecule has 1 amide bonds. The van der Waals surface area contributed by atoms with Crippen LogP contribution in [0, 0.1) is 0 Å². The van der Waals surface area contributed by atoms with Gasteiger partial charge in [0, 0.05) is 19.6 Å². The third-order valence-electron chi connectivity index (χ3n) is 3.96. The number of carbonyl (C=O) groups excluding carboxylic acids is 1. The first-order valence-corrected chi connectivity index (χ1v) is 7.39. The van der Waals surface area contributed by atoms with Crippen molar-refractivity contribution in [2.75, 3.05) is 6.54 Å². The molecule has 1 aromatic carbocycles. The molecule has 0 radical (unpaired) electrons. The maximum absolute atomic E-state index is 12.1. The van der Waals surface area contributed by atoms with Gasteiger partial charge in [-0.2, -0.15) is 0 Å². The van der Waals surface area contributed by atoms with Crippen molar-refractivity contribution >= 4 is 11.9 Å². The van der Waals surface area contributed by atoms with E-state index in [1.165, 1.54) is 0 Å². The molecule has 0 aromatic heterocycles. The van der Waals surface area contributed by atoms with Gasteiger partial charge in [-0.3, -0.25) is 9.69 Å². The molecule has 5 nitrogen and oxygen atoms in total. The molecule has 1 aliphatic heterocycles. The summed E-state index contributed by atoms with van der Waals surface area (Å²) < 4.78 is 0. The monoisotopic (exact) mass is 290 g/mol. The van der Waals surface area contributed by atoms with E-state index < -0.39 is 5.97 Å². The lowest BCUT2D eigenvalue weighted by atomic mass is 10.1. The number of amides is 1. The van der Waals surface area contributed by atoms with E-state index in [2.05, 4.69) is 17.1 Å². The molecule has 5 heteroatoms. The van der Waals surface area contributed by atoms with Crippen LogP contribution in [0.4, 0.5) is 0 Å². The summed E-state index contributed by atoms with van der Waals surface area (Å²) in [5.74, 6) is -0.878. The summed E-state index contributed by atoms with van der Waals surface area (Å²) in [5.41, 5.74) is 2.41. The highest BCUT2D eigenvalue weighted by molar-refractivity contribution is 5.88. The van der Waals surface area contributed by atoms with Gasteiger partial charge in [0.15, 0.2) is 0 Å². The summed E-state index contributed by atoms with van der Waals surface area (Å²) in [6, 6.07) is 4.97. The van der Waals surface area contributed by atoms with Gasteiger partial charge in [-0.05, 0) is 36.6 Å². The van der Waals surface area contributed by atoms with Crippen LogP contribution in [0.15, 0.2) is 18.2 Å². The number of unbranched alkanes of at least 4 members (excludes halogenated alkanes) is 1. The fraction of sp³-hybridized carbons (Fsp3) is 0.500. The number of hydrogen-bond acceptors (Lipinski definition) is 3. The SMILES string of the molecule is CCCCNC(=O)C(C)N1Cc2ccc(C(=O)O)cc2C1. The molecule has 0 spiro atoms. The summed E-state index contributed by atoms with van der Waals surface area (Å²) in [7, 11) is 0. The van der Waals surface area contributed by atoms with E-state index >= 15 is 0 Å². The molecule has 0 aliphatic carbocycles. The maximum Gasteiger partial charge on any atom is 0.335 e. The Morgan fingerprint density at radius 3 is 2.71 bits per heavy atom. The van der Waals surface area contributed by atoms with Crippen LogP contribution in [0.5, 0.6) is 0 Å². The second kappa shape index (κ2) is 6.72. The van der Waals surface area contributed by atoms with Gasteiger partial charge < -0.3 is 10.4 Å². The van der Waals surface area contributed by atoms with Crippen molar-refractivity contribution in [1.82, 2.24) is 10.2 Å². The number of hydrogen-bond donors (Lipinski definition) is 2. The number of carboxylic acids is 1. The van der Waals surface area contributed by atoms with E-state index in [1.54, 1.807) is 12.1 Å². The molecule has 0 saturated carbocycles. The van der Waals surface area contributed by atoms with Gasteiger partial charge in [0.1, 0.15) is 0 Å². The molecule has 1 aromatic rings. The molecular formula is C16H22N2O3. The van der Waals surface area contributed by atoms with Crippen LogP contribution in [0.2, 0.25) is 0 Å². The van der Waals surface area contributed by atoms with Crippen LogP contribution >= 0.6 is 0 Å². The number of carboxylic acid groups (broad SMARTS) is 1. The van der Waals surface area contributed by atoms with E-state index in [0.29, 0.717) is 25.2 Å². The van der Waals surface area contributed by atoms with Gasteiger partial charge in [0.25, 0.3) is 0 Å². The van der Waals surface area contributed by atoms with Crippen LogP contribution in [0.3, 0.4) is 0 Å². The van der Waals surface area contributed by atoms with E-state index in [4.69, 9.17) is 5.11 Å². The van der Waals surface area contributed by atoms with Gasteiger partial charge in [0.05, 0.1) is 11.6 Å². The predicted octanol–water partition coefficient (Wildman–Crippen LogP) is 2.01. The lowest BCUT2D eigenvalue weighted by Gasteiger charge is -2.22. The minimum Gasteiger partial charge on any atom is -0.478 e. The molecule has 0 saturated heterocycles. The Bertz CT molecular complexity index is 542. The van der Waals surface area contributed by atoms with Crippen molar-refractivity contribution in [1.29, 1.82) is 0 Å². The number of rotatable bonds is 6. The molecule has 2 N–H and O–H groups in total. The molecule has 1 heterocycles. The first-order valence-electron chi connectivity index (χ1n) is 7.39. The zero-order valence-corrected chi connectivity index (χ0v) is 12.6. The average molecular weight is 290 g/mol. The number of aromatic carboxylic acids is 1. The summed E-state index contributed by atoms with van der Waals surface area (Å²) in [6.07, 6.45) is 2.04. The fourth-order valence-electron chi connectivity index (χ4n) is 2.53. The lowest BCUT2D eigenvalue weighted by molar-refractivity contribution is -0.126. The molecule has 1 atom stereocenters. The summed E-state index contributed by atoms with van der Waals surface area (Å²) in [4.78, 5) is 25.1. The Morgan fingerprint density at radius 1 is 1.33 bits per heavy atom. The van der Waals surface area contributed by atoms with Crippen LogP contribution in [-0.4, -0.2) is 34.5 Å². The largest absolute Gasteiger partial charge is 0.478 e. The van der Waals surface area contributed by atoms with E-state index in [0.717, 1.165) is 24.0 Å². The Labute approximate surface area is 125 Å². The van der Waals surface area contributed by atoms with Crippen LogP contribution in [0.25, 0.3) is 0 Å². The summed E-state index contributed by atoms with van der Waals surface area (Å²) in [6.45, 7) is 6.01. The van der Waals surface area contributed by atoms with Gasteiger partial charge in [-0.25, -0.2) is 4.79 Å². The van der Waals surface area contributed by atoms with Gasteiger partial charge in [-0.15, -0.1) is 0 Å². The smallest absolute Gasteiger partial charge is 0.335 e. The van der Waals surface area contributed by atoms with Crippen molar-refractivity contribution in [2.45, 2.75) is 45.8 Å². The Morgan fingerprint density at radius 2 is 2.05 bits per heavy atom. The van der Waals surface area contributed by atoms with E-state index in [-0.39, 0.29) is 11.9 Å². The Hall–Kier alpha value is -1.88. The maximum atomic E-state index is 12.1. The molecular weight excluding hydrogens is 268 g/mol. The summed E-state index contributed by atoms with van der Waals surface area (Å²) in [5, 5.41) is 12.0. The minimum absolute atomic E-state index is 0.0368. The second-order valence-corrected chi connectivity index (χ2v) is 5.51. The van der Waals surface area contributed by atoms with Crippen molar-refractivity contribution in [3.05, 3.63) is 34.9 Å². The first-order chi connectivity index (χ1) is 10.0. The molecule has 114 valence electrons. The number of fused-ring (bicyclic) bond motifs is 1. The minimum atomic E-state index is -0.915. The van der Waals surface area contributed by atoms with E-state index in [1.807, 2.05) is 13.0 Å².